The Morgan fingerprint density at radius 2 is 1.83 bits per heavy atom. The van der Waals surface area contributed by atoms with Gasteiger partial charge in [0, 0.05) is 24.6 Å². The van der Waals surface area contributed by atoms with E-state index in [0.717, 1.165) is 11.1 Å². The number of ether oxygens (including phenoxy) is 1. The van der Waals surface area contributed by atoms with Crippen molar-refractivity contribution < 1.29 is 28.0 Å². The van der Waals surface area contributed by atoms with Crippen LogP contribution < -0.4 is 15.9 Å². The molecule has 0 radical (unpaired) electrons. The minimum atomic E-state index is -1.44. The van der Waals surface area contributed by atoms with Crippen LogP contribution in [0.4, 0.5) is 4.39 Å². The van der Waals surface area contributed by atoms with E-state index in [4.69, 9.17) is 19.8 Å². The lowest BCUT2D eigenvalue weighted by molar-refractivity contribution is -0.134. The van der Waals surface area contributed by atoms with E-state index >= 15 is 4.39 Å². The molecule has 0 bridgehead atoms. The van der Waals surface area contributed by atoms with E-state index in [1.54, 1.807) is 0 Å². The first-order valence-electron chi connectivity index (χ1n) is 12.2. The molecule has 2 saturated heterocycles. The number of benzene rings is 1. The number of nitrogens with zero attached hydrogens (tertiary/aromatic N) is 2. The van der Waals surface area contributed by atoms with Gasteiger partial charge in [-0.2, -0.15) is 0 Å². The third kappa shape index (κ3) is 5.39. The smallest absolute Gasteiger partial charge is 0.471 e. The molecule has 1 aromatic carbocycles. The van der Waals surface area contributed by atoms with E-state index in [-0.39, 0.29) is 36.7 Å². The number of likely N-dealkylation sites (tertiary alicyclic amines) is 1. The van der Waals surface area contributed by atoms with Crippen molar-refractivity contribution >= 4 is 24.4 Å². The third-order valence-corrected chi connectivity index (χ3v) is 7.24. The fraction of sp³-hybridized carbons (Fsp3) is 0.500. The van der Waals surface area contributed by atoms with Crippen molar-refractivity contribution in [2.45, 2.75) is 70.9 Å². The molecule has 3 heterocycles. The van der Waals surface area contributed by atoms with Gasteiger partial charge in [0.2, 0.25) is 11.8 Å². The zero-order chi connectivity index (χ0) is 26.3. The highest BCUT2D eigenvalue weighted by atomic mass is 19.1. The number of hydrogen-bond donors (Lipinski definition) is 1. The second-order valence-corrected chi connectivity index (χ2v) is 10.5. The zero-order valence-corrected chi connectivity index (χ0v) is 21.4. The minimum Gasteiger partial charge on any atom is -0.471 e. The molecule has 2 amide bonds. The van der Waals surface area contributed by atoms with Crippen molar-refractivity contribution in [3.63, 3.8) is 0 Å². The lowest BCUT2D eigenvalue weighted by Crippen LogP contribution is -2.49. The molecule has 0 aliphatic carbocycles. The lowest BCUT2D eigenvalue weighted by atomic mass is 9.79. The van der Waals surface area contributed by atoms with Gasteiger partial charge in [-0.05, 0) is 46.2 Å². The number of halogens is 1. The number of amides is 2. The van der Waals surface area contributed by atoms with Crippen molar-refractivity contribution in [3.8, 4) is 5.88 Å². The molecule has 10 heteroatoms. The summed E-state index contributed by atoms with van der Waals surface area (Å²) in [5.41, 5.74) is 6.99. The predicted octanol–water partition coefficient (Wildman–Crippen LogP) is 2.35. The zero-order valence-electron chi connectivity index (χ0n) is 21.4. The Kier molecular flexibility index (Phi) is 7.12. The summed E-state index contributed by atoms with van der Waals surface area (Å²) in [6, 6.07) is 9.21. The average Bonchev–Trinajstić information content (AvgIpc) is 3.03. The number of hydrogen-bond acceptors (Lipinski definition) is 6. The Morgan fingerprint density at radius 1 is 1.19 bits per heavy atom. The van der Waals surface area contributed by atoms with Gasteiger partial charge >= 0.3 is 7.12 Å². The molecule has 1 aromatic heterocycles. The first-order chi connectivity index (χ1) is 16.9. The Labute approximate surface area is 211 Å². The predicted molar refractivity (Wildman–Crippen MR) is 134 cm³/mol. The van der Waals surface area contributed by atoms with Crippen LogP contribution in [-0.4, -0.2) is 65.4 Å². The molecule has 2 unspecified atom stereocenters. The second kappa shape index (κ2) is 9.82. The molecule has 192 valence electrons. The summed E-state index contributed by atoms with van der Waals surface area (Å²) in [6.45, 7) is 9.92. The van der Waals surface area contributed by atoms with Crippen LogP contribution in [0.5, 0.6) is 5.88 Å². The number of rotatable bonds is 6. The molecule has 0 saturated carbocycles. The van der Waals surface area contributed by atoms with Crippen molar-refractivity contribution in [2.75, 3.05) is 13.1 Å². The molecule has 2 N–H and O–H groups in total. The van der Waals surface area contributed by atoms with Gasteiger partial charge in [-0.3, -0.25) is 9.59 Å². The van der Waals surface area contributed by atoms with Gasteiger partial charge < -0.3 is 24.7 Å². The van der Waals surface area contributed by atoms with E-state index in [9.17, 15) is 9.59 Å². The van der Waals surface area contributed by atoms with Gasteiger partial charge in [0.1, 0.15) is 11.7 Å². The van der Waals surface area contributed by atoms with E-state index < -0.39 is 36.5 Å². The maximum absolute atomic E-state index is 15.1. The number of primary amides is 1. The second-order valence-electron chi connectivity index (χ2n) is 10.5. The molecule has 2 aliphatic rings. The quantitative estimate of drug-likeness (QED) is 0.615. The maximum Gasteiger partial charge on any atom is 0.496 e. The molecular formula is C26H33BFN3O5. The van der Waals surface area contributed by atoms with Gasteiger partial charge in [-0.1, -0.05) is 29.8 Å². The number of alkyl halides is 1. The van der Waals surface area contributed by atoms with Crippen LogP contribution >= 0.6 is 0 Å². The van der Waals surface area contributed by atoms with Crippen LogP contribution in [0, 0.1) is 6.92 Å². The van der Waals surface area contributed by atoms with Gasteiger partial charge in [-0.25, -0.2) is 9.37 Å². The summed E-state index contributed by atoms with van der Waals surface area (Å²) >= 11 is 0. The topological polar surface area (TPSA) is 104 Å². The summed E-state index contributed by atoms with van der Waals surface area (Å²) in [7, 11) is -0.730. The highest BCUT2D eigenvalue weighted by molar-refractivity contribution is 6.62. The Morgan fingerprint density at radius 3 is 2.42 bits per heavy atom. The Bertz CT molecular complexity index is 1120. The number of aromatic nitrogens is 1. The molecular weight excluding hydrogens is 464 g/mol. The maximum atomic E-state index is 15.1. The van der Waals surface area contributed by atoms with Gasteiger partial charge in [-0.15, -0.1) is 0 Å². The van der Waals surface area contributed by atoms with Crippen LogP contribution in [0.25, 0.3) is 0 Å². The number of nitrogens with two attached hydrogens (primary N) is 1. The van der Waals surface area contributed by atoms with Crippen molar-refractivity contribution in [2.24, 2.45) is 5.73 Å². The first kappa shape index (κ1) is 26.1. The molecule has 4 rings (SSSR count). The largest absolute Gasteiger partial charge is 0.496 e. The SMILES string of the molecule is Cc1ccc(CC(=O)N2CCC(Oc3ncc(B4OC(C)(C)C(C)(C)O4)cc3C(N)=O)C(F)C2)cc1. The summed E-state index contributed by atoms with van der Waals surface area (Å²) in [4.78, 5) is 30.6. The van der Waals surface area contributed by atoms with Crippen LogP contribution in [0.1, 0.15) is 55.6 Å². The van der Waals surface area contributed by atoms with Crippen molar-refractivity contribution in [1.29, 1.82) is 0 Å². The van der Waals surface area contributed by atoms with E-state index in [2.05, 4.69) is 4.98 Å². The average molecular weight is 497 g/mol. The monoisotopic (exact) mass is 497 g/mol. The van der Waals surface area contributed by atoms with Gasteiger partial charge in [0.05, 0.1) is 24.2 Å². The van der Waals surface area contributed by atoms with E-state index in [1.165, 1.54) is 17.2 Å². The van der Waals surface area contributed by atoms with Crippen LogP contribution in [0.2, 0.25) is 0 Å². The van der Waals surface area contributed by atoms with E-state index in [0.29, 0.717) is 12.0 Å². The highest BCUT2D eigenvalue weighted by Crippen LogP contribution is 2.36. The lowest BCUT2D eigenvalue weighted by Gasteiger charge is -2.34. The molecule has 0 spiro atoms. The molecule has 2 fully saturated rings. The minimum absolute atomic E-state index is 0.0206. The van der Waals surface area contributed by atoms with Crippen LogP contribution in [0.15, 0.2) is 36.5 Å². The van der Waals surface area contributed by atoms with E-state index in [1.807, 2.05) is 58.9 Å². The molecule has 2 aromatic rings. The van der Waals surface area contributed by atoms with Crippen LogP contribution in [0.3, 0.4) is 0 Å². The van der Waals surface area contributed by atoms with Crippen molar-refractivity contribution in [1.82, 2.24) is 9.88 Å². The molecule has 8 nitrogen and oxygen atoms in total. The molecule has 2 atom stereocenters. The number of piperidine rings is 1. The summed E-state index contributed by atoms with van der Waals surface area (Å²) in [5, 5.41) is 0. The summed E-state index contributed by atoms with van der Waals surface area (Å²) < 4.78 is 32.9. The third-order valence-electron chi connectivity index (χ3n) is 7.24. The van der Waals surface area contributed by atoms with Crippen LogP contribution in [-0.2, 0) is 20.5 Å². The molecule has 2 aliphatic heterocycles. The number of pyridine rings is 1. The fourth-order valence-corrected chi connectivity index (χ4v) is 4.23. The van der Waals surface area contributed by atoms with Crippen molar-refractivity contribution in [3.05, 3.63) is 53.2 Å². The van der Waals surface area contributed by atoms with Gasteiger partial charge in [0.15, 0.2) is 6.17 Å². The van der Waals surface area contributed by atoms with Gasteiger partial charge in [0.25, 0.3) is 5.91 Å². The summed E-state index contributed by atoms with van der Waals surface area (Å²) in [5.74, 6) is -0.936. The molecule has 36 heavy (non-hydrogen) atoms. The summed E-state index contributed by atoms with van der Waals surface area (Å²) in [6.07, 6.45) is -0.337. The Balaban J connectivity index is 1.42. The standard InChI is InChI=1S/C26H33BFN3O5/c1-16-6-8-17(9-7-16)12-22(32)31-11-10-21(20(28)15-31)34-24-19(23(29)33)13-18(14-30-24)27-35-25(2,3)26(4,5)36-27/h6-9,13-14,20-21H,10-12,15H2,1-5H3,(H2,29,33). The fourth-order valence-electron chi connectivity index (χ4n) is 4.23. The number of carbonyl (C=O) groups excluding carboxylic acids is 2. The normalized spacial score (nSPS) is 22.9. The Hall–Kier alpha value is -2.98. The first-order valence-corrected chi connectivity index (χ1v) is 12.2. The highest BCUT2D eigenvalue weighted by Gasteiger charge is 2.52. The number of carbonyl (C=O) groups is 2. The number of aryl methyl sites for hydroxylation is 1.